The Balaban J connectivity index is 1.68. The third-order valence-corrected chi connectivity index (χ3v) is 11.3. The minimum absolute atomic E-state index is 0.0451. The molecule has 0 fully saturated rings. The molecule has 2 heterocycles. The number of aliphatic hydroxyl groups excluding tert-OH is 1. The first-order valence-corrected chi connectivity index (χ1v) is 18.5. The van der Waals surface area contributed by atoms with Gasteiger partial charge in [0.25, 0.3) is 15.9 Å². The van der Waals surface area contributed by atoms with Gasteiger partial charge in [-0.05, 0) is 63.4 Å². The molecule has 0 saturated carbocycles. The zero-order chi connectivity index (χ0) is 34.4. The fourth-order valence-electron chi connectivity index (χ4n) is 5.31. The number of sulfonamides is 2. The highest BCUT2D eigenvalue weighted by molar-refractivity contribution is 7.92. The molecule has 1 amide bonds. The number of carbonyl (C=O) groups excluding carboxylic acids is 1. The average molecular weight is 692 g/mol. The maximum atomic E-state index is 14.3. The number of aliphatic hydroxyl groups is 1. The number of anilines is 1. The van der Waals surface area contributed by atoms with Crippen LogP contribution in [0.15, 0.2) is 71.0 Å². The number of imidazole rings is 1. The Bertz CT molecular complexity index is 1720. The van der Waals surface area contributed by atoms with Crippen LogP contribution in [0.4, 0.5) is 5.69 Å². The first kappa shape index (κ1) is 36.3. The molecule has 258 valence electrons. The number of ether oxygens (including phenoxy) is 2. The van der Waals surface area contributed by atoms with Crippen LogP contribution in [-0.4, -0.2) is 98.2 Å². The summed E-state index contributed by atoms with van der Waals surface area (Å²) in [5.74, 6) is -0.566. The lowest BCUT2D eigenvalue weighted by molar-refractivity contribution is -0.00833. The van der Waals surface area contributed by atoms with Gasteiger partial charge in [-0.3, -0.25) is 9.52 Å². The largest absolute Gasteiger partial charge is 0.490 e. The maximum absolute atomic E-state index is 14.3. The fourth-order valence-corrected chi connectivity index (χ4v) is 7.54. The minimum Gasteiger partial charge on any atom is -0.490 e. The van der Waals surface area contributed by atoms with Gasteiger partial charge in [0.2, 0.25) is 10.0 Å². The van der Waals surface area contributed by atoms with Gasteiger partial charge in [0, 0.05) is 51.6 Å². The molecule has 0 aliphatic carbocycles. The Morgan fingerprint density at radius 1 is 1.11 bits per heavy atom. The van der Waals surface area contributed by atoms with Crippen molar-refractivity contribution < 1.29 is 36.2 Å². The summed E-state index contributed by atoms with van der Waals surface area (Å²) in [5, 5.41) is 10.0. The molecule has 4 rings (SSSR count). The average Bonchev–Trinajstić information content (AvgIpc) is 3.49. The zero-order valence-corrected chi connectivity index (χ0v) is 29.1. The number of rotatable bonds is 9. The van der Waals surface area contributed by atoms with E-state index in [1.54, 1.807) is 50.4 Å². The number of nitrogens with one attached hydrogen (secondary N) is 1. The van der Waals surface area contributed by atoms with Gasteiger partial charge in [-0.2, -0.15) is 12.7 Å². The van der Waals surface area contributed by atoms with Crippen molar-refractivity contribution in [3.8, 4) is 5.75 Å². The lowest BCUT2D eigenvalue weighted by Crippen LogP contribution is -2.48. The smallest absolute Gasteiger partial charge is 0.280 e. The number of nitrogens with zero attached hydrogens (tertiary/aromatic N) is 4. The second kappa shape index (κ2) is 15.6. The minimum atomic E-state index is -4.05. The van der Waals surface area contributed by atoms with Crippen molar-refractivity contribution >= 4 is 31.6 Å². The van der Waals surface area contributed by atoms with E-state index >= 15 is 0 Å². The first-order chi connectivity index (χ1) is 22.2. The van der Waals surface area contributed by atoms with Gasteiger partial charge >= 0.3 is 0 Å². The quantitative estimate of drug-likeness (QED) is 0.343. The van der Waals surface area contributed by atoms with E-state index in [1.807, 2.05) is 13.8 Å². The summed E-state index contributed by atoms with van der Waals surface area (Å²) in [4.78, 5) is 19.9. The molecule has 0 bridgehead atoms. The van der Waals surface area contributed by atoms with E-state index in [1.165, 1.54) is 45.5 Å². The molecule has 15 heteroatoms. The van der Waals surface area contributed by atoms with Gasteiger partial charge in [-0.15, -0.1) is 0 Å². The van der Waals surface area contributed by atoms with Crippen molar-refractivity contribution in [2.24, 2.45) is 13.0 Å². The van der Waals surface area contributed by atoms with E-state index in [2.05, 4.69) is 9.71 Å². The van der Waals surface area contributed by atoms with Crippen LogP contribution in [-0.2, 0) is 31.8 Å². The number of benzene rings is 2. The third kappa shape index (κ3) is 9.11. The van der Waals surface area contributed by atoms with Gasteiger partial charge in [0.05, 0.1) is 41.6 Å². The molecule has 0 spiro atoms. The molecule has 3 aromatic rings. The summed E-state index contributed by atoms with van der Waals surface area (Å²) < 4.78 is 70.5. The number of hydrogen-bond acceptors (Lipinski definition) is 9. The Kier molecular flexibility index (Phi) is 12.1. The number of hydrogen-bond donors (Lipinski definition) is 2. The van der Waals surface area contributed by atoms with Gasteiger partial charge in [-0.25, -0.2) is 13.4 Å². The Morgan fingerprint density at radius 2 is 1.83 bits per heavy atom. The van der Waals surface area contributed by atoms with Crippen molar-refractivity contribution in [2.75, 3.05) is 38.1 Å². The van der Waals surface area contributed by atoms with E-state index in [0.29, 0.717) is 19.4 Å². The van der Waals surface area contributed by atoms with Gasteiger partial charge in [0.15, 0.2) is 5.03 Å². The van der Waals surface area contributed by atoms with Crippen LogP contribution in [0.5, 0.6) is 5.75 Å². The van der Waals surface area contributed by atoms with Crippen molar-refractivity contribution in [1.29, 1.82) is 0 Å². The zero-order valence-electron chi connectivity index (χ0n) is 27.4. The molecule has 1 aliphatic heterocycles. The number of aromatic nitrogens is 2. The van der Waals surface area contributed by atoms with E-state index < -0.39 is 38.1 Å². The predicted molar refractivity (Wildman–Crippen MR) is 177 cm³/mol. The van der Waals surface area contributed by atoms with Gasteiger partial charge in [-0.1, -0.05) is 25.1 Å². The summed E-state index contributed by atoms with van der Waals surface area (Å²) in [6.07, 6.45) is 4.02. The van der Waals surface area contributed by atoms with E-state index in [0.717, 1.165) is 6.42 Å². The number of aryl methyl sites for hydroxylation is 1. The second-order valence-electron chi connectivity index (χ2n) is 12.1. The molecule has 1 aliphatic rings. The SMILES string of the molecule is C[C@H](CO)N1C[C@H](C)[C@@H](CN(C)S(=O)(=O)c2ccccc2)OCCCC[C@H](C)Oc2ccc(NS(=O)(=O)c3cn(C)cn3)cc2C1=O. The molecular weight excluding hydrogens is 647 g/mol. The van der Waals surface area contributed by atoms with Crippen LogP contribution in [0.3, 0.4) is 0 Å². The summed E-state index contributed by atoms with van der Waals surface area (Å²) in [5.41, 5.74) is 0.252. The molecule has 2 N–H and O–H groups in total. The summed E-state index contributed by atoms with van der Waals surface area (Å²) in [6, 6.07) is 12.0. The van der Waals surface area contributed by atoms with Crippen molar-refractivity contribution in [2.45, 2.75) is 68.2 Å². The number of fused-ring (bicyclic) bond motifs is 1. The fraction of sp³-hybridized carbons (Fsp3) is 0.500. The summed E-state index contributed by atoms with van der Waals surface area (Å²) in [6.45, 7) is 5.67. The van der Waals surface area contributed by atoms with Crippen LogP contribution in [0.1, 0.15) is 50.4 Å². The molecule has 0 saturated heterocycles. The van der Waals surface area contributed by atoms with Crippen LogP contribution < -0.4 is 9.46 Å². The van der Waals surface area contributed by atoms with E-state index in [4.69, 9.17) is 9.47 Å². The van der Waals surface area contributed by atoms with Crippen LogP contribution in [0.25, 0.3) is 0 Å². The highest BCUT2D eigenvalue weighted by Crippen LogP contribution is 2.29. The molecule has 0 unspecified atom stereocenters. The van der Waals surface area contributed by atoms with Gasteiger partial charge < -0.3 is 24.0 Å². The molecular formula is C32H45N5O8S2. The van der Waals surface area contributed by atoms with Crippen molar-refractivity contribution in [1.82, 2.24) is 18.8 Å². The number of carbonyl (C=O) groups is 1. The van der Waals surface area contributed by atoms with Crippen molar-refractivity contribution in [3.63, 3.8) is 0 Å². The monoisotopic (exact) mass is 691 g/mol. The lowest BCUT2D eigenvalue weighted by atomic mass is 10.0. The molecule has 2 aromatic carbocycles. The number of amides is 1. The molecule has 13 nitrogen and oxygen atoms in total. The molecule has 0 radical (unpaired) electrons. The van der Waals surface area contributed by atoms with E-state index in [-0.39, 0.29) is 58.6 Å². The topological polar surface area (TPSA) is 160 Å². The lowest BCUT2D eigenvalue weighted by Gasteiger charge is -2.35. The Morgan fingerprint density at radius 3 is 2.49 bits per heavy atom. The third-order valence-electron chi connectivity index (χ3n) is 8.15. The second-order valence-corrected chi connectivity index (χ2v) is 15.8. The first-order valence-electron chi connectivity index (χ1n) is 15.6. The Hall–Kier alpha value is -3.50. The number of likely N-dealkylation sites (N-methyl/N-ethyl adjacent to an activating group) is 1. The van der Waals surface area contributed by atoms with Crippen LogP contribution in [0, 0.1) is 5.92 Å². The predicted octanol–water partition coefficient (Wildman–Crippen LogP) is 3.34. The normalized spacial score (nSPS) is 21.0. The molecule has 47 heavy (non-hydrogen) atoms. The maximum Gasteiger partial charge on any atom is 0.280 e. The standard InChI is InChI=1S/C32H45N5O8S2/c1-23-18-37(24(2)21-38)32(39)28-17-26(34-46(40,41)31-20-35(4)22-33-31)14-15-29(28)45-25(3)11-9-10-16-44-30(23)19-36(5)47(42,43)27-12-7-6-8-13-27/h6-8,12-15,17,20,22-25,30,34,38H,9-11,16,18-19,21H2,1-5H3/t23-,24+,25-,30+/m0/s1. The van der Waals surface area contributed by atoms with Gasteiger partial charge in [0.1, 0.15) is 5.75 Å². The van der Waals surface area contributed by atoms with Crippen molar-refractivity contribution in [3.05, 3.63) is 66.6 Å². The molecule has 4 atom stereocenters. The van der Waals surface area contributed by atoms with Crippen LogP contribution in [0.2, 0.25) is 0 Å². The van der Waals surface area contributed by atoms with Crippen LogP contribution >= 0.6 is 0 Å². The Labute approximate surface area is 277 Å². The highest BCUT2D eigenvalue weighted by Gasteiger charge is 2.32. The van der Waals surface area contributed by atoms with E-state index in [9.17, 15) is 26.7 Å². The summed E-state index contributed by atoms with van der Waals surface area (Å²) in [7, 11) is -4.69. The molecule has 1 aromatic heterocycles. The summed E-state index contributed by atoms with van der Waals surface area (Å²) >= 11 is 0. The highest BCUT2D eigenvalue weighted by atomic mass is 32.2.